The summed E-state index contributed by atoms with van der Waals surface area (Å²) < 4.78 is 5.68. The predicted molar refractivity (Wildman–Crippen MR) is 126 cm³/mol. The Labute approximate surface area is 199 Å². The lowest BCUT2D eigenvalue weighted by Crippen LogP contribution is -2.55. The largest absolute Gasteiger partial charge is 0.394 e. The summed E-state index contributed by atoms with van der Waals surface area (Å²) in [4.78, 5) is 5.39. The van der Waals surface area contributed by atoms with E-state index in [0.29, 0.717) is 17.0 Å². The van der Waals surface area contributed by atoms with Gasteiger partial charge in [-0.3, -0.25) is 0 Å². The van der Waals surface area contributed by atoms with Crippen LogP contribution in [0, 0.1) is 0 Å². The number of rotatable bonds is 8. The first-order chi connectivity index (χ1) is 15.7. The molecule has 5 atom stereocenters. The highest BCUT2D eigenvalue weighted by atomic mass is 35.5. The molecule has 0 spiro atoms. The van der Waals surface area contributed by atoms with Gasteiger partial charge in [-0.2, -0.15) is 0 Å². The highest BCUT2D eigenvalue weighted by Crippen LogP contribution is 2.34. The van der Waals surface area contributed by atoms with Crippen LogP contribution < -0.4 is 0 Å². The first kappa shape index (κ1) is 25.6. The van der Waals surface area contributed by atoms with Crippen LogP contribution in [0.2, 0.25) is 5.02 Å². The zero-order valence-electron chi connectivity index (χ0n) is 19.1. The Morgan fingerprint density at radius 3 is 2.36 bits per heavy atom. The summed E-state index contributed by atoms with van der Waals surface area (Å²) in [5.41, 5.74) is 4.33. The number of aliphatic hydroxyl groups excluding tert-OH is 4. The summed E-state index contributed by atoms with van der Waals surface area (Å²) in [5.74, 6) is 0. The van der Waals surface area contributed by atoms with Gasteiger partial charge in [0.2, 0.25) is 0 Å². The van der Waals surface area contributed by atoms with E-state index in [2.05, 4.69) is 5.16 Å². The molecule has 0 amide bonds. The lowest BCUT2D eigenvalue weighted by molar-refractivity contribution is -0.231. The van der Waals surface area contributed by atoms with E-state index < -0.39 is 37.1 Å². The number of oxime groups is 1. The van der Waals surface area contributed by atoms with Crippen LogP contribution in [0.3, 0.4) is 0 Å². The van der Waals surface area contributed by atoms with Crippen molar-refractivity contribution in [2.75, 3.05) is 6.61 Å². The topological polar surface area (TPSA) is 112 Å². The van der Waals surface area contributed by atoms with E-state index in [1.807, 2.05) is 51.1 Å². The van der Waals surface area contributed by atoms with E-state index in [-0.39, 0.29) is 6.10 Å². The summed E-state index contributed by atoms with van der Waals surface area (Å²) in [6.07, 6.45) is -4.71. The van der Waals surface area contributed by atoms with Gasteiger partial charge in [0.05, 0.1) is 12.3 Å². The van der Waals surface area contributed by atoms with E-state index in [0.717, 1.165) is 28.8 Å². The van der Waals surface area contributed by atoms with Crippen LogP contribution >= 0.6 is 11.6 Å². The number of ether oxygens (including phenoxy) is 1. The van der Waals surface area contributed by atoms with Crippen molar-refractivity contribution in [2.24, 2.45) is 5.16 Å². The first-order valence-corrected chi connectivity index (χ1v) is 11.5. The Morgan fingerprint density at radius 1 is 1.06 bits per heavy atom. The normalized spacial score (nSPS) is 26.0. The fourth-order valence-electron chi connectivity index (χ4n) is 3.81. The Hall–Kier alpha value is -2.00. The summed E-state index contributed by atoms with van der Waals surface area (Å²) in [7, 11) is 0. The molecule has 180 valence electrons. The summed E-state index contributed by atoms with van der Waals surface area (Å²) >= 11 is 6.44. The van der Waals surface area contributed by atoms with Crippen molar-refractivity contribution in [3.63, 3.8) is 0 Å². The number of aliphatic hydroxyl groups is 4. The number of hydrogen-bond donors (Lipinski definition) is 4. The third-order valence-electron chi connectivity index (χ3n) is 5.68. The summed E-state index contributed by atoms with van der Waals surface area (Å²) in [6.45, 7) is 5.42. The van der Waals surface area contributed by atoms with Gasteiger partial charge in [-0.25, -0.2) is 0 Å². The fourth-order valence-corrected chi connectivity index (χ4v) is 3.99. The quantitative estimate of drug-likeness (QED) is 0.343. The van der Waals surface area contributed by atoms with Crippen molar-refractivity contribution in [2.45, 2.75) is 70.2 Å². The Bertz CT molecular complexity index is 946. The molecule has 0 aromatic heterocycles. The van der Waals surface area contributed by atoms with E-state index in [9.17, 15) is 20.4 Å². The van der Waals surface area contributed by atoms with Crippen molar-refractivity contribution in [3.8, 4) is 0 Å². The molecule has 8 heteroatoms. The van der Waals surface area contributed by atoms with E-state index >= 15 is 0 Å². The van der Waals surface area contributed by atoms with Crippen molar-refractivity contribution >= 4 is 17.3 Å². The molecular formula is C25H32ClNO6. The zero-order valence-corrected chi connectivity index (χ0v) is 19.8. The Morgan fingerprint density at radius 2 is 1.76 bits per heavy atom. The molecule has 0 saturated carbocycles. The van der Waals surface area contributed by atoms with Crippen molar-refractivity contribution in [1.82, 2.24) is 0 Å². The molecule has 1 fully saturated rings. The molecule has 4 N–H and O–H groups in total. The van der Waals surface area contributed by atoms with Crippen LogP contribution in [-0.4, -0.2) is 63.3 Å². The average Bonchev–Trinajstić information content (AvgIpc) is 2.80. The minimum absolute atomic E-state index is 0.0175. The standard InChI is InChI=1S/C25H32ClNO6/c1-4-20(27-33-14(2)3)16-7-5-15(6-8-16)11-18-12-17(9-10-19(18)26)25-24(31)23(30)22(29)21(13-28)32-25/h5-10,12,14,21-25,28-31H,4,11,13H2,1-3H3/b27-20+/t21-,22-,23+,24-,25+/m1/s1. The maximum absolute atomic E-state index is 10.4. The van der Waals surface area contributed by atoms with Crippen molar-refractivity contribution < 1.29 is 30.0 Å². The average molecular weight is 478 g/mol. The van der Waals surface area contributed by atoms with Gasteiger partial charge < -0.3 is 30.0 Å². The lowest BCUT2D eigenvalue weighted by atomic mass is 9.90. The van der Waals surface area contributed by atoms with E-state index in [4.69, 9.17) is 21.2 Å². The van der Waals surface area contributed by atoms with Crippen LogP contribution in [0.1, 0.15) is 55.5 Å². The van der Waals surface area contributed by atoms with Gasteiger partial charge in [0, 0.05) is 5.02 Å². The molecule has 2 aromatic carbocycles. The van der Waals surface area contributed by atoms with Crippen LogP contribution in [0.25, 0.3) is 0 Å². The molecular weight excluding hydrogens is 446 g/mol. The minimum atomic E-state index is -1.43. The molecule has 0 unspecified atom stereocenters. The SMILES string of the molecule is CC/C(=N\OC(C)C)c1ccc(Cc2cc([C@@H]3O[C@H](CO)[C@@H](O)[C@H](O)[C@H]3O)ccc2Cl)cc1. The van der Waals surface area contributed by atoms with Gasteiger partial charge in [0.25, 0.3) is 0 Å². The van der Waals surface area contributed by atoms with E-state index in [1.165, 1.54) is 0 Å². The van der Waals surface area contributed by atoms with Crippen molar-refractivity contribution in [3.05, 3.63) is 69.7 Å². The molecule has 1 heterocycles. The van der Waals surface area contributed by atoms with Gasteiger partial charge in [0.1, 0.15) is 36.6 Å². The Balaban J connectivity index is 1.80. The highest BCUT2D eigenvalue weighted by molar-refractivity contribution is 6.31. The zero-order chi connectivity index (χ0) is 24.1. The molecule has 33 heavy (non-hydrogen) atoms. The lowest BCUT2D eigenvalue weighted by Gasteiger charge is -2.40. The van der Waals surface area contributed by atoms with Gasteiger partial charge in [-0.05, 0) is 55.0 Å². The predicted octanol–water partition coefficient (Wildman–Crippen LogP) is 2.98. The maximum Gasteiger partial charge on any atom is 0.122 e. The molecule has 1 saturated heterocycles. The molecule has 3 rings (SSSR count). The molecule has 7 nitrogen and oxygen atoms in total. The third kappa shape index (κ3) is 6.12. The van der Waals surface area contributed by atoms with Crippen LogP contribution in [0.15, 0.2) is 47.6 Å². The number of halogens is 1. The Kier molecular flexibility index (Phi) is 8.87. The van der Waals surface area contributed by atoms with Crippen LogP contribution in [-0.2, 0) is 16.0 Å². The number of nitrogens with zero attached hydrogens (tertiary/aromatic N) is 1. The molecule has 2 aromatic rings. The van der Waals surface area contributed by atoms with Gasteiger partial charge in [0.15, 0.2) is 0 Å². The molecule has 0 aliphatic carbocycles. The van der Waals surface area contributed by atoms with Gasteiger partial charge in [-0.15, -0.1) is 0 Å². The smallest absolute Gasteiger partial charge is 0.122 e. The second kappa shape index (κ2) is 11.4. The fraction of sp³-hybridized carbons (Fsp3) is 0.480. The van der Waals surface area contributed by atoms with E-state index in [1.54, 1.807) is 12.1 Å². The van der Waals surface area contributed by atoms with Gasteiger partial charge in [-0.1, -0.05) is 60.1 Å². The van der Waals surface area contributed by atoms with Crippen LogP contribution in [0.4, 0.5) is 0 Å². The summed E-state index contributed by atoms with van der Waals surface area (Å²) in [5, 5.41) is 44.8. The van der Waals surface area contributed by atoms with Crippen molar-refractivity contribution in [1.29, 1.82) is 0 Å². The second-order valence-electron chi connectivity index (χ2n) is 8.52. The monoisotopic (exact) mass is 477 g/mol. The molecule has 1 aliphatic rings. The first-order valence-electron chi connectivity index (χ1n) is 11.2. The van der Waals surface area contributed by atoms with Gasteiger partial charge >= 0.3 is 0 Å². The van der Waals surface area contributed by atoms with Crippen LogP contribution in [0.5, 0.6) is 0 Å². The second-order valence-corrected chi connectivity index (χ2v) is 8.93. The summed E-state index contributed by atoms with van der Waals surface area (Å²) in [6, 6.07) is 13.2. The maximum atomic E-state index is 10.4. The number of hydrogen-bond acceptors (Lipinski definition) is 7. The molecule has 1 aliphatic heterocycles. The number of benzene rings is 2. The highest BCUT2D eigenvalue weighted by Gasteiger charge is 2.44. The third-order valence-corrected chi connectivity index (χ3v) is 6.05. The molecule has 0 radical (unpaired) electrons. The molecule has 0 bridgehead atoms. The minimum Gasteiger partial charge on any atom is -0.394 e.